The van der Waals surface area contributed by atoms with Crippen molar-refractivity contribution < 1.29 is 14.3 Å². The quantitative estimate of drug-likeness (QED) is 0.910. The number of likely N-dealkylation sites (tertiary alicyclic amines) is 1. The molecule has 0 spiro atoms. The number of ether oxygens (including phenoxy) is 1. The average molecular weight is 277 g/mol. The van der Waals surface area contributed by atoms with Gasteiger partial charge in [-0.15, -0.1) is 0 Å². The van der Waals surface area contributed by atoms with E-state index in [9.17, 15) is 9.59 Å². The number of hydrogen-bond acceptors (Lipinski definition) is 4. The van der Waals surface area contributed by atoms with Crippen molar-refractivity contribution in [3.63, 3.8) is 0 Å². The van der Waals surface area contributed by atoms with Crippen LogP contribution in [0, 0.1) is 0 Å². The maximum Gasteiger partial charge on any atom is 0.407 e. The first kappa shape index (κ1) is 14.3. The van der Waals surface area contributed by atoms with Crippen LogP contribution >= 0.6 is 0 Å². The Kier molecular flexibility index (Phi) is 4.92. The van der Waals surface area contributed by atoms with E-state index >= 15 is 0 Å². The molecule has 1 saturated heterocycles. The van der Waals surface area contributed by atoms with E-state index in [0.717, 1.165) is 25.9 Å². The number of aromatic nitrogens is 1. The van der Waals surface area contributed by atoms with Crippen molar-refractivity contribution in [2.45, 2.75) is 25.8 Å². The van der Waals surface area contributed by atoms with E-state index in [-0.39, 0.29) is 12.5 Å². The first-order valence-corrected chi connectivity index (χ1v) is 6.76. The third kappa shape index (κ3) is 3.69. The summed E-state index contributed by atoms with van der Waals surface area (Å²) in [4.78, 5) is 29.4. The summed E-state index contributed by atoms with van der Waals surface area (Å²) in [5.74, 6) is 0.0337. The van der Waals surface area contributed by atoms with E-state index in [1.165, 1.54) is 13.5 Å². The molecular weight excluding hydrogens is 258 g/mol. The standard InChI is InChI=1S/C14H19N3O3/c1-20-14(19)16-10-12-9-11(5-6-15-12)13(18)17-7-3-2-4-8-17/h5-6,9H,2-4,7-8,10H2,1H3,(H,16,19). The van der Waals surface area contributed by atoms with Gasteiger partial charge in [0.1, 0.15) is 0 Å². The van der Waals surface area contributed by atoms with Crippen LogP contribution in [0.5, 0.6) is 0 Å². The molecule has 1 fully saturated rings. The number of rotatable bonds is 3. The summed E-state index contributed by atoms with van der Waals surface area (Å²) >= 11 is 0. The van der Waals surface area contributed by atoms with Gasteiger partial charge in [0.05, 0.1) is 19.3 Å². The predicted molar refractivity (Wildman–Crippen MR) is 73.2 cm³/mol. The molecule has 1 aromatic heterocycles. The fraction of sp³-hybridized carbons (Fsp3) is 0.500. The number of pyridine rings is 1. The Bertz CT molecular complexity index is 484. The van der Waals surface area contributed by atoms with Crippen molar-refractivity contribution in [3.05, 3.63) is 29.6 Å². The number of nitrogens with one attached hydrogen (secondary N) is 1. The first-order chi connectivity index (χ1) is 9.70. The molecule has 1 aliphatic rings. The van der Waals surface area contributed by atoms with Gasteiger partial charge in [0, 0.05) is 24.8 Å². The molecule has 20 heavy (non-hydrogen) atoms. The van der Waals surface area contributed by atoms with Gasteiger partial charge in [-0.3, -0.25) is 9.78 Å². The molecule has 1 aliphatic heterocycles. The first-order valence-electron chi connectivity index (χ1n) is 6.76. The lowest BCUT2D eigenvalue weighted by molar-refractivity contribution is 0.0724. The normalized spacial score (nSPS) is 14.8. The third-order valence-corrected chi connectivity index (χ3v) is 3.31. The van der Waals surface area contributed by atoms with Crippen LogP contribution < -0.4 is 5.32 Å². The largest absolute Gasteiger partial charge is 0.453 e. The lowest BCUT2D eigenvalue weighted by Crippen LogP contribution is -2.35. The molecule has 1 aromatic rings. The third-order valence-electron chi connectivity index (χ3n) is 3.31. The molecule has 2 heterocycles. The Hall–Kier alpha value is -2.11. The van der Waals surface area contributed by atoms with Crippen molar-refractivity contribution >= 4 is 12.0 Å². The highest BCUT2D eigenvalue weighted by Crippen LogP contribution is 2.13. The topological polar surface area (TPSA) is 71.5 Å². The summed E-state index contributed by atoms with van der Waals surface area (Å²) in [7, 11) is 1.30. The molecule has 2 rings (SSSR count). The number of nitrogens with zero attached hydrogens (tertiary/aromatic N) is 2. The summed E-state index contributed by atoms with van der Waals surface area (Å²) < 4.78 is 4.49. The second kappa shape index (κ2) is 6.88. The number of amides is 2. The zero-order valence-corrected chi connectivity index (χ0v) is 11.6. The van der Waals surface area contributed by atoms with Gasteiger partial charge in [-0.25, -0.2) is 4.79 Å². The molecule has 2 amide bonds. The Morgan fingerprint density at radius 2 is 2.10 bits per heavy atom. The number of carbonyl (C=O) groups is 2. The molecule has 6 nitrogen and oxygen atoms in total. The van der Waals surface area contributed by atoms with Gasteiger partial charge in [0.15, 0.2) is 0 Å². The van der Waals surface area contributed by atoms with Gasteiger partial charge in [0.2, 0.25) is 0 Å². The fourth-order valence-electron chi connectivity index (χ4n) is 2.22. The van der Waals surface area contributed by atoms with Crippen LogP contribution in [0.2, 0.25) is 0 Å². The molecular formula is C14H19N3O3. The van der Waals surface area contributed by atoms with Gasteiger partial charge in [-0.05, 0) is 31.4 Å². The van der Waals surface area contributed by atoms with E-state index in [1.807, 2.05) is 4.90 Å². The van der Waals surface area contributed by atoms with Crippen molar-refractivity contribution in [1.29, 1.82) is 0 Å². The van der Waals surface area contributed by atoms with Crippen LogP contribution in [0.15, 0.2) is 18.3 Å². The summed E-state index contributed by atoms with van der Waals surface area (Å²) in [6, 6.07) is 3.42. The van der Waals surface area contributed by atoms with Gasteiger partial charge in [-0.1, -0.05) is 0 Å². The predicted octanol–water partition coefficient (Wildman–Crippen LogP) is 1.56. The Morgan fingerprint density at radius 3 is 2.80 bits per heavy atom. The smallest absolute Gasteiger partial charge is 0.407 e. The SMILES string of the molecule is COC(=O)NCc1cc(C(=O)N2CCCCC2)ccn1. The number of alkyl carbamates (subject to hydrolysis) is 1. The van der Waals surface area contributed by atoms with E-state index in [1.54, 1.807) is 18.3 Å². The van der Waals surface area contributed by atoms with E-state index in [2.05, 4.69) is 15.0 Å². The highest BCUT2D eigenvalue weighted by atomic mass is 16.5. The zero-order chi connectivity index (χ0) is 14.4. The number of methoxy groups -OCH3 is 1. The van der Waals surface area contributed by atoms with Crippen LogP contribution in [0.4, 0.5) is 4.79 Å². The van der Waals surface area contributed by atoms with Crippen molar-refractivity contribution in [2.75, 3.05) is 20.2 Å². The van der Waals surface area contributed by atoms with Gasteiger partial charge in [-0.2, -0.15) is 0 Å². The maximum absolute atomic E-state index is 12.3. The highest BCUT2D eigenvalue weighted by Gasteiger charge is 2.18. The van der Waals surface area contributed by atoms with Crippen molar-refractivity contribution in [2.24, 2.45) is 0 Å². The Labute approximate surface area is 118 Å². The molecule has 0 unspecified atom stereocenters. The van der Waals surface area contributed by atoms with E-state index in [0.29, 0.717) is 11.3 Å². The Morgan fingerprint density at radius 1 is 1.35 bits per heavy atom. The van der Waals surface area contributed by atoms with Crippen LogP contribution in [-0.2, 0) is 11.3 Å². The maximum atomic E-state index is 12.3. The fourth-order valence-corrected chi connectivity index (χ4v) is 2.22. The zero-order valence-electron chi connectivity index (χ0n) is 11.6. The second-order valence-electron chi connectivity index (χ2n) is 4.73. The van der Waals surface area contributed by atoms with Crippen LogP contribution in [-0.4, -0.2) is 42.1 Å². The van der Waals surface area contributed by atoms with E-state index in [4.69, 9.17) is 0 Å². The summed E-state index contributed by atoms with van der Waals surface area (Å²) in [6.45, 7) is 1.88. The lowest BCUT2D eigenvalue weighted by atomic mass is 10.1. The monoisotopic (exact) mass is 277 g/mol. The number of piperidine rings is 1. The highest BCUT2D eigenvalue weighted by molar-refractivity contribution is 5.94. The minimum absolute atomic E-state index is 0.0337. The van der Waals surface area contributed by atoms with Gasteiger partial charge < -0.3 is 15.0 Å². The molecule has 108 valence electrons. The van der Waals surface area contributed by atoms with Gasteiger partial charge >= 0.3 is 6.09 Å². The molecule has 0 aromatic carbocycles. The number of hydrogen-bond donors (Lipinski definition) is 1. The van der Waals surface area contributed by atoms with Crippen LogP contribution in [0.3, 0.4) is 0 Å². The minimum Gasteiger partial charge on any atom is -0.453 e. The molecule has 0 atom stereocenters. The molecule has 0 radical (unpaired) electrons. The van der Waals surface area contributed by atoms with Gasteiger partial charge in [0.25, 0.3) is 5.91 Å². The lowest BCUT2D eigenvalue weighted by Gasteiger charge is -2.26. The van der Waals surface area contributed by atoms with Crippen LogP contribution in [0.25, 0.3) is 0 Å². The minimum atomic E-state index is -0.514. The summed E-state index contributed by atoms with van der Waals surface area (Å²) in [5.41, 5.74) is 1.25. The number of carbonyl (C=O) groups excluding carboxylic acids is 2. The second-order valence-corrected chi connectivity index (χ2v) is 4.73. The molecule has 6 heteroatoms. The molecule has 1 N–H and O–H groups in total. The van der Waals surface area contributed by atoms with Crippen molar-refractivity contribution in [1.82, 2.24) is 15.2 Å². The Balaban J connectivity index is 2.01. The molecule has 0 aliphatic carbocycles. The summed E-state index contributed by atoms with van der Waals surface area (Å²) in [6.07, 6.45) is 4.39. The van der Waals surface area contributed by atoms with Crippen molar-refractivity contribution in [3.8, 4) is 0 Å². The molecule has 0 saturated carbocycles. The molecule has 0 bridgehead atoms. The average Bonchev–Trinajstić information content (AvgIpc) is 2.53. The van der Waals surface area contributed by atoms with E-state index < -0.39 is 6.09 Å². The van der Waals surface area contributed by atoms with Crippen LogP contribution in [0.1, 0.15) is 35.3 Å². The summed E-state index contributed by atoms with van der Waals surface area (Å²) in [5, 5.41) is 2.55.